The predicted octanol–water partition coefficient (Wildman–Crippen LogP) is 1.08. The summed E-state index contributed by atoms with van der Waals surface area (Å²) in [6.07, 6.45) is 2.63. The summed E-state index contributed by atoms with van der Waals surface area (Å²) in [7, 11) is -0.108. The quantitative estimate of drug-likeness (QED) is 0.484. The van der Waals surface area contributed by atoms with E-state index in [0.717, 1.165) is 25.9 Å². The summed E-state index contributed by atoms with van der Waals surface area (Å²) >= 11 is 0. The average molecular weight is 324 g/mol. The fourth-order valence-electron chi connectivity index (χ4n) is 2.09. The maximum absolute atomic E-state index is 12.4. The van der Waals surface area contributed by atoms with E-state index in [-0.39, 0.29) is 11.8 Å². The number of hydrogen-bond acceptors (Lipinski definition) is 5. The van der Waals surface area contributed by atoms with Crippen molar-refractivity contribution in [3.63, 3.8) is 0 Å². The summed E-state index contributed by atoms with van der Waals surface area (Å²) in [6, 6.07) is -0.173. The highest BCUT2D eigenvalue weighted by molar-refractivity contribution is 7.89. The van der Waals surface area contributed by atoms with Crippen molar-refractivity contribution in [3.8, 4) is 0 Å². The predicted molar refractivity (Wildman–Crippen MR) is 86.1 cm³/mol. The number of methoxy groups -OCH3 is 2. The smallest absolute Gasteiger partial charge is 0.214 e. The Bertz CT molecular complexity index is 336. The van der Waals surface area contributed by atoms with Gasteiger partial charge in [0.25, 0.3) is 0 Å². The molecule has 0 rings (SSSR count). The van der Waals surface area contributed by atoms with Crippen LogP contribution in [0.1, 0.15) is 33.1 Å². The second-order valence-electron chi connectivity index (χ2n) is 5.18. The molecule has 0 saturated heterocycles. The molecule has 1 unspecified atom stereocenters. The van der Waals surface area contributed by atoms with Crippen LogP contribution in [-0.2, 0) is 19.5 Å². The highest BCUT2D eigenvalue weighted by atomic mass is 32.2. The molecule has 0 bridgehead atoms. The van der Waals surface area contributed by atoms with Crippen molar-refractivity contribution in [2.45, 2.75) is 39.2 Å². The maximum Gasteiger partial charge on any atom is 0.214 e. The molecular formula is C14H32N2O4S. The van der Waals surface area contributed by atoms with Gasteiger partial charge in [0, 0.05) is 26.8 Å². The first-order chi connectivity index (χ1) is 9.99. The largest absolute Gasteiger partial charge is 0.383 e. The third kappa shape index (κ3) is 9.42. The molecule has 0 aromatic rings. The molecule has 0 fully saturated rings. The Hall–Kier alpha value is -0.210. The summed E-state index contributed by atoms with van der Waals surface area (Å²) in [4.78, 5) is 0. The van der Waals surface area contributed by atoms with Gasteiger partial charge in [-0.05, 0) is 39.3 Å². The van der Waals surface area contributed by atoms with Crippen molar-refractivity contribution in [2.24, 2.45) is 0 Å². The van der Waals surface area contributed by atoms with E-state index in [1.54, 1.807) is 14.2 Å². The second-order valence-corrected chi connectivity index (χ2v) is 7.22. The van der Waals surface area contributed by atoms with Gasteiger partial charge in [-0.15, -0.1) is 0 Å². The lowest BCUT2D eigenvalue weighted by atomic mass is 10.3. The summed E-state index contributed by atoms with van der Waals surface area (Å²) in [5.41, 5.74) is 0. The molecule has 128 valence electrons. The third-order valence-corrected chi connectivity index (χ3v) is 5.27. The number of unbranched alkanes of at least 4 members (excludes halogenated alkanes) is 1. The Morgan fingerprint density at radius 1 is 1.14 bits per heavy atom. The summed E-state index contributed by atoms with van der Waals surface area (Å²) in [6.45, 7) is 6.98. The molecule has 1 atom stereocenters. The van der Waals surface area contributed by atoms with Gasteiger partial charge in [0.2, 0.25) is 10.0 Å². The van der Waals surface area contributed by atoms with Crippen LogP contribution in [0.2, 0.25) is 0 Å². The fraction of sp³-hybridized carbons (Fsp3) is 1.00. The number of ether oxygens (including phenoxy) is 2. The second kappa shape index (κ2) is 12.3. The van der Waals surface area contributed by atoms with Gasteiger partial charge >= 0.3 is 0 Å². The molecule has 0 aliphatic rings. The molecule has 0 aromatic heterocycles. The van der Waals surface area contributed by atoms with Gasteiger partial charge in [0.15, 0.2) is 0 Å². The highest BCUT2D eigenvalue weighted by Gasteiger charge is 2.26. The van der Waals surface area contributed by atoms with E-state index in [4.69, 9.17) is 9.47 Å². The van der Waals surface area contributed by atoms with Crippen LogP contribution in [0.25, 0.3) is 0 Å². The van der Waals surface area contributed by atoms with Gasteiger partial charge in [-0.25, -0.2) is 8.42 Å². The fourth-order valence-corrected chi connectivity index (χ4v) is 3.86. The van der Waals surface area contributed by atoms with Crippen LogP contribution in [0.15, 0.2) is 0 Å². The summed E-state index contributed by atoms with van der Waals surface area (Å²) in [5, 5.41) is 3.28. The van der Waals surface area contributed by atoms with Gasteiger partial charge in [-0.1, -0.05) is 6.92 Å². The van der Waals surface area contributed by atoms with E-state index in [9.17, 15) is 8.42 Å². The van der Waals surface area contributed by atoms with Crippen LogP contribution in [0, 0.1) is 0 Å². The van der Waals surface area contributed by atoms with Crippen LogP contribution in [0.3, 0.4) is 0 Å². The number of nitrogens with zero attached hydrogens (tertiary/aromatic N) is 1. The van der Waals surface area contributed by atoms with Gasteiger partial charge in [-0.2, -0.15) is 4.31 Å². The van der Waals surface area contributed by atoms with E-state index in [0.29, 0.717) is 26.2 Å². The zero-order valence-corrected chi connectivity index (χ0v) is 14.7. The first kappa shape index (κ1) is 20.8. The molecule has 0 aliphatic heterocycles. The van der Waals surface area contributed by atoms with Gasteiger partial charge in [0.05, 0.1) is 19.0 Å². The summed E-state index contributed by atoms with van der Waals surface area (Å²) in [5.74, 6) is 0.179. The van der Waals surface area contributed by atoms with E-state index in [1.807, 2.05) is 6.92 Å². The van der Waals surface area contributed by atoms with Crippen molar-refractivity contribution in [2.75, 3.05) is 52.8 Å². The molecule has 0 spiro atoms. The van der Waals surface area contributed by atoms with Crippen molar-refractivity contribution < 1.29 is 17.9 Å². The van der Waals surface area contributed by atoms with Crippen molar-refractivity contribution >= 4 is 10.0 Å². The minimum absolute atomic E-state index is 0.173. The highest BCUT2D eigenvalue weighted by Crippen LogP contribution is 2.10. The van der Waals surface area contributed by atoms with Crippen LogP contribution in [0.5, 0.6) is 0 Å². The van der Waals surface area contributed by atoms with E-state index in [1.165, 1.54) is 4.31 Å². The lowest BCUT2D eigenvalue weighted by Gasteiger charge is -2.27. The topological polar surface area (TPSA) is 67.9 Å². The molecule has 0 aromatic carbocycles. The molecule has 0 amide bonds. The molecule has 7 heteroatoms. The monoisotopic (exact) mass is 324 g/mol. The average Bonchev–Trinajstić information content (AvgIpc) is 2.43. The number of rotatable bonds is 14. The summed E-state index contributed by atoms with van der Waals surface area (Å²) < 4.78 is 36.5. The molecular weight excluding hydrogens is 292 g/mol. The lowest BCUT2D eigenvalue weighted by molar-refractivity contribution is 0.119. The number of nitrogens with one attached hydrogen (secondary N) is 1. The Morgan fingerprint density at radius 2 is 1.86 bits per heavy atom. The van der Waals surface area contributed by atoms with Crippen LogP contribution in [0.4, 0.5) is 0 Å². The Labute approximate surface area is 130 Å². The minimum Gasteiger partial charge on any atom is -0.383 e. The maximum atomic E-state index is 12.4. The number of hydrogen-bond donors (Lipinski definition) is 1. The zero-order valence-electron chi connectivity index (χ0n) is 13.9. The Kier molecular flexibility index (Phi) is 12.2. The van der Waals surface area contributed by atoms with Crippen molar-refractivity contribution in [3.05, 3.63) is 0 Å². The van der Waals surface area contributed by atoms with Gasteiger partial charge < -0.3 is 14.8 Å². The molecule has 1 N–H and O–H groups in total. The molecule has 0 heterocycles. The molecule has 0 saturated carbocycles. The Morgan fingerprint density at radius 3 is 2.43 bits per heavy atom. The molecule has 6 nitrogen and oxygen atoms in total. The molecule has 0 aliphatic carbocycles. The van der Waals surface area contributed by atoms with Crippen LogP contribution >= 0.6 is 0 Å². The van der Waals surface area contributed by atoms with Gasteiger partial charge in [-0.3, -0.25) is 0 Å². The zero-order chi connectivity index (χ0) is 16.1. The van der Waals surface area contributed by atoms with Gasteiger partial charge in [0.1, 0.15) is 0 Å². The minimum atomic E-state index is -3.26. The third-order valence-electron chi connectivity index (χ3n) is 3.21. The standard InChI is InChI=1S/C14H32N2O4S/c1-5-8-15-9-6-7-12-21(17,18)16(10-11-19-3)14(2)13-20-4/h14-15H,5-13H2,1-4H3. The normalized spacial score (nSPS) is 13.8. The van der Waals surface area contributed by atoms with E-state index >= 15 is 0 Å². The first-order valence-corrected chi connectivity index (χ1v) is 9.28. The van der Waals surface area contributed by atoms with E-state index < -0.39 is 10.0 Å². The Balaban J connectivity index is 4.34. The molecule has 0 radical (unpaired) electrons. The first-order valence-electron chi connectivity index (χ1n) is 7.67. The van der Waals surface area contributed by atoms with Crippen LogP contribution in [-0.4, -0.2) is 71.6 Å². The lowest BCUT2D eigenvalue weighted by Crippen LogP contribution is -2.44. The van der Waals surface area contributed by atoms with Crippen molar-refractivity contribution in [1.29, 1.82) is 0 Å². The number of sulfonamides is 1. The van der Waals surface area contributed by atoms with Crippen molar-refractivity contribution in [1.82, 2.24) is 9.62 Å². The molecule has 21 heavy (non-hydrogen) atoms. The van der Waals surface area contributed by atoms with E-state index in [2.05, 4.69) is 12.2 Å². The van der Waals surface area contributed by atoms with Crippen LogP contribution < -0.4 is 5.32 Å². The SMILES string of the molecule is CCCNCCCCS(=O)(=O)N(CCOC)C(C)COC.